The third-order valence-electron chi connectivity index (χ3n) is 3.12. The topological polar surface area (TPSA) is 84.7 Å². The van der Waals surface area contributed by atoms with Crippen molar-refractivity contribution in [3.8, 4) is 0 Å². The number of hydrogen-bond donors (Lipinski definition) is 1. The van der Waals surface area contributed by atoms with Crippen molar-refractivity contribution in [3.05, 3.63) is 23.8 Å². The number of aromatic nitrogens is 1. The van der Waals surface area contributed by atoms with Crippen molar-refractivity contribution in [2.24, 2.45) is 0 Å². The van der Waals surface area contributed by atoms with Crippen molar-refractivity contribution in [1.29, 1.82) is 0 Å². The fraction of sp³-hybridized carbons (Fsp3) is 0.308. The molecule has 1 N–H and O–H groups in total. The van der Waals surface area contributed by atoms with Gasteiger partial charge in [0.2, 0.25) is 5.91 Å². The van der Waals surface area contributed by atoms with E-state index >= 15 is 0 Å². The summed E-state index contributed by atoms with van der Waals surface area (Å²) < 4.78 is 10.3. The van der Waals surface area contributed by atoms with Gasteiger partial charge >= 0.3 is 5.97 Å². The quantitative estimate of drug-likeness (QED) is 0.806. The van der Waals surface area contributed by atoms with E-state index in [4.69, 9.17) is 9.15 Å². The number of anilines is 1. The standard InChI is InChI=1S/C13H13N3O4/c1-19-12(18)8-3-2-4-9-11(8)15-13(20-9)16-6-5-14-10(17)7-16/h2-4H,5-7H2,1H3,(H,14,17). The number of hydrogen-bond acceptors (Lipinski definition) is 6. The summed E-state index contributed by atoms with van der Waals surface area (Å²) in [4.78, 5) is 29.1. The minimum atomic E-state index is -0.466. The van der Waals surface area contributed by atoms with Gasteiger partial charge in [-0.2, -0.15) is 4.98 Å². The summed E-state index contributed by atoms with van der Waals surface area (Å²) in [6.07, 6.45) is 0. The average Bonchev–Trinajstić information content (AvgIpc) is 2.90. The molecule has 0 unspecified atom stereocenters. The molecule has 0 saturated carbocycles. The van der Waals surface area contributed by atoms with Crippen LogP contribution in [0, 0.1) is 0 Å². The molecule has 1 aromatic heterocycles. The Morgan fingerprint density at radius 1 is 1.50 bits per heavy atom. The average molecular weight is 275 g/mol. The number of ether oxygens (including phenoxy) is 1. The predicted molar refractivity (Wildman–Crippen MR) is 70.6 cm³/mol. The molecule has 1 saturated heterocycles. The Hall–Kier alpha value is -2.57. The number of methoxy groups -OCH3 is 1. The van der Waals surface area contributed by atoms with Gasteiger partial charge < -0.3 is 19.4 Å². The first-order valence-corrected chi connectivity index (χ1v) is 6.18. The Bertz CT molecular complexity index is 679. The third kappa shape index (κ3) is 2.07. The number of carbonyl (C=O) groups excluding carboxylic acids is 2. The van der Waals surface area contributed by atoms with E-state index in [0.717, 1.165) is 0 Å². The first-order valence-electron chi connectivity index (χ1n) is 6.18. The van der Waals surface area contributed by atoms with Gasteiger partial charge in [-0.3, -0.25) is 4.79 Å². The molecule has 20 heavy (non-hydrogen) atoms. The highest BCUT2D eigenvalue weighted by molar-refractivity contribution is 6.01. The highest BCUT2D eigenvalue weighted by Crippen LogP contribution is 2.25. The zero-order valence-corrected chi connectivity index (χ0v) is 10.9. The van der Waals surface area contributed by atoms with Crippen molar-refractivity contribution in [1.82, 2.24) is 10.3 Å². The van der Waals surface area contributed by atoms with Crippen LogP contribution >= 0.6 is 0 Å². The summed E-state index contributed by atoms with van der Waals surface area (Å²) in [5.41, 5.74) is 1.29. The SMILES string of the molecule is COC(=O)c1cccc2oc(N3CCNC(=O)C3)nc12. The monoisotopic (exact) mass is 275 g/mol. The van der Waals surface area contributed by atoms with Gasteiger partial charge in [0.25, 0.3) is 6.01 Å². The lowest BCUT2D eigenvalue weighted by atomic mass is 10.2. The fourth-order valence-corrected chi connectivity index (χ4v) is 2.15. The molecule has 7 nitrogen and oxygen atoms in total. The van der Waals surface area contributed by atoms with Crippen molar-refractivity contribution in [2.45, 2.75) is 0 Å². The molecule has 0 bridgehead atoms. The molecular weight excluding hydrogens is 262 g/mol. The number of piperazine rings is 1. The molecule has 1 aromatic carbocycles. The molecule has 104 valence electrons. The number of nitrogens with zero attached hydrogens (tertiary/aromatic N) is 2. The van der Waals surface area contributed by atoms with E-state index < -0.39 is 5.97 Å². The summed E-state index contributed by atoms with van der Waals surface area (Å²) in [6.45, 7) is 1.36. The normalized spacial score (nSPS) is 15.2. The molecule has 0 atom stereocenters. The molecule has 1 aliphatic rings. The number of fused-ring (bicyclic) bond motifs is 1. The number of para-hydroxylation sites is 1. The van der Waals surface area contributed by atoms with Crippen LogP contribution in [0.1, 0.15) is 10.4 Å². The lowest BCUT2D eigenvalue weighted by molar-refractivity contribution is -0.120. The number of amides is 1. The Kier molecular flexibility index (Phi) is 3.02. The second kappa shape index (κ2) is 4.84. The van der Waals surface area contributed by atoms with Crippen LogP contribution in [-0.2, 0) is 9.53 Å². The van der Waals surface area contributed by atoms with Gasteiger partial charge in [-0.15, -0.1) is 0 Å². The van der Waals surface area contributed by atoms with Crippen LogP contribution in [0.4, 0.5) is 6.01 Å². The lowest BCUT2D eigenvalue weighted by Crippen LogP contribution is -2.47. The van der Waals surface area contributed by atoms with E-state index in [2.05, 4.69) is 10.3 Å². The molecule has 0 radical (unpaired) electrons. The van der Waals surface area contributed by atoms with E-state index in [1.807, 2.05) is 0 Å². The fourth-order valence-electron chi connectivity index (χ4n) is 2.15. The number of carbonyl (C=O) groups is 2. The van der Waals surface area contributed by atoms with E-state index in [9.17, 15) is 9.59 Å². The van der Waals surface area contributed by atoms with Crippen molar-refractivity contribution in [3.63, 3.8) is 0 Å². The van der Waals surface area contributed by atoms with Crippen LogP contribution in [0.5, 0.6) is 0 Å². The van der Waals surface area contributed by atoms with E-state index in [0.29, 0.717) is 35.8 Å². The van der Waals surface area contributed by atoms with Crippen molar-refractivity contribution >= 4 is 29.0 Å². The van der Waals surface area contributed by atoms with Crippen LogP contribution < -0.4 is 10.2 Å². The summed E-state index contributed by atoms with van der Waals surface area (Å²) >= 11 is 0. The number of esters is 1. The zero-order chi connectivity index (χ0) is 14.1. The summed E-state index contributed by atoms with van der Waals surface area (Å²) in [5, 5.41) is 2.73. The number of benzene rings is 1. The maximum Gasteiger partial charge on any atom is 0.340 e. The molecule has 1 aliphatic heterocycles. The Morgan fingerprint density at radius 2 is 2.35 bits per heavy atom. The van der Waals surface area contributed by atoms with Gasteiger partial charge in [-0.25, -0.2) is 4.79 Å². The number of nitrogens with one attached hydrogen (secondary N) is 1. The third-order valence-corrected chi connectivity index (χ3v) is 3.12. The summed E-state index contributed by atoms with van der Waals surface area (Å²) in [6, 6.07) is 5.39. The summed E-state index contributed by atoms with van der Waals surface area (Å²) in [7, 11) is 1.32. The number of oxazole rings is 1. The second-order valence-electron chi connectivity index (χ2n) is 4.41. The van der Waals surface area contributed by atoms with Crippen LogP contribution in [0.25, 0.3) is 11.1 Å². The second-order valence-corrected chi connectivity index (χ2v) is 4.41. The highest BCUT2D eigenvalue weighted by atomic mass is 16.5. The van der Waals surface area contributed by atoms with Crippen molar-refractivity contribution < 1.29 is 18.7 Å². The zero-order valence-electron chi connectivity index (χ0n) is 10.9. The maximum absolute atomic E-state index is 11.7. The lowest BCUT2D eigenvalue weighted by Gasteiger charge is -2.24. The maximum atomic E-state index is 11.7. The minimum Gasteiger partial charge on any atom is -0.465 e. The molecule has 3 rings (SSSR count). The first-order chi connectivity index (χ1) is 9.69. The first kappa shape index (κ1) is 12.5. The smallest absolute Gasteiger partial charge is 0.340 e. The largest absolute Gasteiger partial charge is 0.465 e. The minimum absolute atomic E-state index is 0.0771. The predicted octanol–water partition coefficient (Wildman–Crippen LogP) is 0.551. The van der Waals surface area contributed by atoms with Gasteiger partial charge in [-0.05, 0) is 12.1 Å². The van der Waals surface area contributed by atoms with E-state index in [-0.39, 0.29) is 12.5 Å². The highest BCUT2D eigenvalue weighted by Gasteiger charge is 2.23. The molecule has 1 amide bonds. The molecule has 2 aromatic rings. The number of rotatable bonds is 2. The van der Waals surface area contributed by atoms with Gasteiger partial charge in [0, 0.05) is 13.1 Å². The van der Waals surface area contributed by atoms with Crippen LogP contribution in [0.3, 0.4) is 0 Å². The molecule has 7 heteroatoms. The molecular formula is C13H13N3O4. The molecule has 0 spiro atoms. The Morgan fingerprint density at radius 3 is 3.10 bits per heavy atom. The summed E-state index contributed by atoms with van der Waals surface area (Å²) in [5.74, 6) is -0.543. The van der Waals surface area contributed by atoms with Gasteiger partial charge in [-0.1, -0.05) is 6.07 Å². The van der Waals surface area contributed by atoms with Gasteiger partial charge in [0.15, 0.2) is 5.58 Å². The Balaban J connectivity index is 2.02. The van der Waals surface area contributed by atoms with Gasteiger partial charge in [0.05, 0.1) is 12.7 Å². The van der Waals surface area contributed by atoms with Crippen LogP contribution in [0.2, 0.25) is 0 Å². The van der Waals surface area contributed by atoms with Gasteiger partial charge in [0.1, 0.15) is 12.1 Å². The van der Waals surface area contributed by atoms with Crippen LogP contribution in [-0.4, -0.2) is 43.6 Å². The molecule has 2 heterocycles. The van der Waals surface area contributed by atoms with Crippen LogP contribution in [0.15, 0.2) is 22.6 Å². The Labute approximate surface area is 114 Å². The molecule has 1 fully saturated rings. The molecule has 0 aliphatic carbocycles. The van der Waals surface area contributed by atoms with E-state index in [1.165, 1.54) is 7.11 Å². The van der Waals surface area contributed by atoms with Crippen molar-refractivity contribution in [2.75, 3.05) is 31.6 Å². The van der Waals surface area contributed by atoms with E-state index in [1.54, 1.807) is 23.1 Å².